The minimum atomic E-state index is -0.181. The lowest BCUT2D eigenvalue weighted by atomic mass is 9.88. The number of nitrogens with one attached hydrogen (secondary N) is 1. The third-order valence-corrected chi connectivity index (χ3v) is 3.19. The Morgan fingerprint density at radius 3 is 2.43 bits per heavy atom. The van der Waals surface area contributed by atoms with Crippen LogP contribution in [0.2, 0.25) is 0 Å². The Bertz CT molecular complexity index is 703. The zero-order chi connectivity index (χ0) is 15.6. The first-order valence-electron chi connectivity index (χ1n) is 6.87. The second-order valence-electron chi connectivity index (χ2n) is 6.06. The van der Waals surface area contributed by atoms with E-state index in [4.69, 9.17) is 4.84 Å². The third kappa shape index (κ3) is 3.24. The molecule has 0 fully saturated rings. The Balaban J connectivity index is 2.39. The van der Waals surface area contributed by atoms with Gasteiger partial charge in [-0.25, -0.2) is 0 Å². The van der Waals surface area contributed by atoms with Crippen molar-refractivity contribution in [2.24, 2.45) is 12.2 Å². The number of oxime groups is 1. The number of nitrogens with zero attached hydrogens (tertiary/aromatic N) is 2. The molecule has 0 aliphatic heterocycles. The minimum absolute atomic E-state index is 0.0992. The molecule has 1 heterocycles. The van der Waals surface area contributed by atoms with Crippen molar-refractivity contribution in [3.8, 4) is 5.75 Å². The van der Waals surface area contributed by atoms with Gasteiger partial charge in [0.2, 0.25) is 0 Å². The first kappa shape index (κ1) is 15.1. The molecule has 0 amide bonds. The maximum atomic E-state index is 12.3. The van der Waals surface area contributed by atoms with Gasteiger partial charge in [-0.1, -0.05) is 44.1 Å². The predicted octanol–water partition coefficient (Wildman–Crippen LogP) is 2.81. The van der Waals surface area contributed by atoms with Crippen molar-refractivity contribution in [3.05, 3.63) is 51.9 Å². The molecule has 0 radical (unpaired) electrons. The first-order valence-corrected chi connectivity index (χ1v) is 6.87. The highest BCUT2D eigenvalue weighted by Crippen LogP contribution is 2.22. The number of hydrogen-bond acceptors (Lipinski definition) is 3. The fourth-order valence-electron chi connectivity index (χ4n) is 2.08. The Kier molecular flexibility index (Phi) is 4.02. The highest BCUT2D eigenvalue weighted by Gasteiger charge is 2.25. The van der Waals surface area contributed by atoms with E-state index in [0.717, 1.165) is 5.69 Å². The molecule has 0 atom stereocenters. The van der Waals surface area contributed by atoms with E-state index in [2.05, 4.69) is 10.3 Å². The molecule has 1 N–H and O–H groups in total. The summed E-state index contributed by atoms with van der Waals surface area (Å²) in [5.74, 6) is 0.640. The van der Waals surface area contributed by atoms with Gasteiger partial charge in [0.05, 0.1) is 17.0 Å². The van der Waals surface area contributed by atoms with Gasteiger partial charge >= 0.3 is 0 Å². The standard InChI is InChI=1S/C16H21N3O2/c1-11(18-21-12-9-7-6-8-10-12)13-14(16(2,3)4)17-19(5)15(13)20/h6-10,17H,1-5H3. The van der Waals surface area contributed by atoms with Crippen LogP contribution in [0, 0.1) is 0 Å². The Hall–Kier alpha value is -2.30. The Morgan fingerprint density at radius 1 is 1.24 bits per heavy atom. The number of hydrogen-bond donors (Lipinski definition) is 1. The van der Waals surface area contributed by atoms with Crippen LogP contribution in [0.5, 0.6) is 5.75 Å². The number of rotatable bonds is 3. The van der Waals surface area contributed by atoms with Crippen molar-refractivity contribution in [3.63, 3.8) is 0 Å². The van der Waals surface area contributed by atoms with E-state index in [1.54, 1.807) is 14.0 Å². The molecule has 1 aromatic heterocycles. The number of aryl methyl sites for hydroxylation is 1. The quantitative estimate of drug-likeness (QED) is 0.697. The van der Waals surface area contributed by atoms with Crippen molar-refractivity contribution in [2.45, 2.75) is 33.1 Å². The summed E-state index contributed by atoms with van der Waals surface area (Å²) in [4.78, 5) is 17.7. The van der Waals surface area contributed by atoms with Gasteiger partial charge in [0.1, 0.15) is 0 Å². The Labute approximate surface area is 124 Å². The molecule has 5 nitrogen and oxygen atoms in total. The number of para-hydroxylation sites is 1. The molecule has 0 saturated heterocycles. The number of H-pyrrole nitrogens is 1. The Morgan fingerprint density at radius 2 is 1.86 bits per heavy atom. The summed E-state index contributed by atoms with van der Waals surface area (Å²) in [5, 5.41) is 7.20. The van der Waals surface area contributed by atoms with Gasteiger partial charge in [0, 0.05) is 12.5 Å². The van der Waals surface area contributed by atoms with Gasteiger partial charge < -0.3 is 4.84 Å². The van der Waals surface area contributed by atoms with Crippen molar-refractivity contribution >= 4 is 5.71 Å². The molecule has 0 unspecified atom stereocenters. The van der Waals surface area contributed by atoms with Gasteiger partial charge in [-0.15, -0.1) is 0 Å². The molecule has 21 heavy (non-hydrogen) atoms. The number of aromatic amines is 1. The van der Waals surface area contributed by atoms with Crippen LogP contribution in [-0.2, 0) is 12.5 Å². The topological polar surface area (TPSA) is 59.4 Å². The van der Waals surface area contributed by atoms with Crippen LogP contribution < -0.4 is 10.4 Å². The van der Waals surface area contributed by atoms with E-state index in [0.29, 0.717) is 17.0 Å². The lowest BCUT2D eigenvalue weighted by molar-refractivity contribution is 0.341. The normalized spacial score (nSPS) is 12.5. The monoisotopic (exact) mass is 287 g/mol. The van der Waals surface area contributed by atoms with Crippen LogP contribution in [-0.4, -0.2) is 15.5 Å². The fourth-order valence-corrected chi connectivity index (χ4v) is 2.08. The molecular weight excluding hydrogens is 266 g/mol. The van der Waals surface area contributed by atoms with Crippen LogP contribution in [0.4, 0.5) is 0 Å². The lowest BCUT2D eigenvalue weighted by Crippen LogP contribution is -2.21. The number of benzene rings is 1. The van der Waals surface area contributed by atoms with Crippen LogP contribution in [0.3, 0.4) is 0 Å². The van der Waals surface area contributed by atoms with Crippen molar-refractivity contribution in [1.82, 2.24) is 9.78 Å². The van der Waals surface area contributed by atoms with Crippen molar-refractivity contribution in [2.75, 3.05) is 0 Å². The lowest BCUT2D eigenvalue weighted by Gasteiger charge is -2.17. The van der Waals surface area contributed by atoms with Gasteiger partial charge in [0.25, 0.3) is 5.56 Å². The second-order valence-corrected chi connectivity index (χ2v) is 6.06. The SMILES string of the molecule is CC(=NOc1ccccc1)c1c(C(C)(C)C)[nH]n(C)c1=O. The van der Waals surface area contributed by atoms with E-state index < -0.39 is 0 Å². The zero-order valence-corrected chi connectivity index (χ0v) is 13.1. The van der Waals surface area contributed by atoms with Crippen molar-refractivity contribution in [1.29, 1.82) is 0 Å². The molecule has 0 aliphatic carbocycles. The summed E-state index contributed by atoms with van der Waals surface area (Å²) in [5.41, 5.74) is 1.71. The molecule has 2 aromatic rings. The second kappa shape index (κ2) is 5.60. The van der Waals surface area contributed by atoms with E-state index in [-0.39, 0.29) is 11.0 Å². The van der Waals surface area contributed by atoms with Gasteiger partial charge in [0.15, 0.2) is 5.75 Å². The molecule has 112 valence electrons. The highest BCUT2D eigenvalue weighted by molar-refractivity contribution is 5.99. The van der Waals surface area contributed by atoms with E-state index >= 15 is 0 Å². The first-order chi connectivity index (χ1) is 9.80. The largest absolute Gasteiger partial charge is 0.357 e. The summed E-state index contributed by atoms with van der Waals surface area (Å²) < 4.78 is 1.47. The maximum absolute atomic E-state index is 12.3. The van der Waals surface area contributed by atoms with Gasteiger partial charge in [-0.2, -0.15) is 0 Å². The number of aromatic nitrogens is 2. The summed E-state index contributed by atoms with van der Waals surface area (Å²) in [6.45, 7) is 7.93. The molecule has 2 rings (SSSR count). The van der Waals surface area contributed by atoms with E-state index in [1.165, 1.54) is 4.68 Å². The highest BCUT2D eigenvalue weighted by atomic mass is 16.6. The fraction of sp³-hybridized carbons (Fsp3) is 0.375. The third-order valence-electron chi connectivity index (χ3n) is 3.19. The van der Waals surface area contributed by atoms with Gasteiger partial charge in [-0.3, -0.25) is 14.6 Å². The molecule has 0 saturated carbocycles. The predicted molar refractivity (Wildman–Crippen MR) is 84.0 cm³/mol. The van der Waals surface area contributed by atoms with Crippen LogP contribution >= 0.6 is 0 Å². The van der Waals surface area contributed by atoms with Crippen molar-refractivity contribution < 1.29 is 4.84 Å². The summed E-state index contributed by atoms with van der Waals surface area (Å²) >= 11 is 0. The summed E-state index contributed by atoms with van der Waals surface area (Å²) in [6, 6.07) is 9.28. The molecular formula is C16H21N3O2. The maximum Gasteiger partial charge on any atom is 0.275 e. The average molecular weight is 287 g/mol. The minimum Gasteiger partial charge on any atom is -0.357 e. The molecule has 0 spiro atoms. The molecule has 0 bridgehead atoms. The molecule has 1 aromatic carbocycles. The van der Waals surface area contributed by atoms with Gasteiger partial charge in [-0.05, 0) is 19.1 Å². The van der Waals surface area contributed by atoms with E-state index in [9.17, 15) is 4.79 Å². The summed E-state index contributed by atoms with van der Waals surface area (Å²) in [6.07, 6.45) is 0. The molecule has 0 aliphatic rings. The average Bonchev–Trinajstić information content (AvgIpc) is 2.74. The van der Waals surface area contributed by atoms with Crippen LogP contribution in [0.25, 0.3) is 0 Å². The summed E-state index contributed by atoms with van der Waals surface area (Å²) in [7, 11) is 1.70. The smallest absolute Gasteiger partial charge is 0.275 e. The van der Waals surface area contributed by atoms with Crippen LogP contribution in [0.15, 0.2) is 40.3 Å². The zero-order valence-electron chi connectivity index (χ0n) is 13.1. The van der Waals surface area contributed by atoms with E-state index in [1.807, 2.05) is 51.1 Å². The molecule has 5 heteroatoms. The van der Waals surface area contributed by atoms with Crippen LogP contribution in [0.1, 0.15) is 39.0 Å².